The lowest BCUT2D eigenvalue weighted by molar-refractivity contribution is -0.155. The summed E-state index contributed by atoms with van der Waals surface area (Å²) in [5.41, 5.74) is -0.437. The maximum absolute atomic E-state index is 11.5. The van der Waals surface area contributed by atoms with E-state index in [0.29, 0.717) is 5.92 Å². The van der Waals surface area contributed by atoms with Crippen LogP contribution in [-0.4, -0.2) is 48.2 Å². The number of rotatable bonds is 1. The van der Waals surface area contributed by atoms with Gasteiger partial charge in [0, 0.05) is 19.1 Å². The predicted molar refractivity (Wildman–Crippen MR) is 51.0 cm³/mol. The van der Waals surface area contributed by atoms with Crippen LogP contribution >= 0.6 is 0 Å². The third-order valence-electron chi connectivity index (χ3n) is 4.39. The van der Waals surface area contributed by atoms with Gasteiger partial charge in [0.1, 0.15) is 0 Å². The van der Waals surface area contributed by atoms with E-state index in [4.69, 9.17) is 0 Å². The van der Waals surface area contributed by atoms with Gasteiger partial charge in [-0.15, -0.1) is 0 Å². The lowest BCUT2D eigenvalue weighted by Crippen LogP contribution is -2.56. The molecule has 78 valence electrons. The fourth-order valence-corrected chi connectivity index (χ4v) is 3.63. The minimum atomic E-state index is -0.570. The fourth-order valence-electron chi connectivity index (χ4n) is 3.63. The summed E-state index contributed by atoms with van der Waals surface area (Å²) in [4.78, 5) is 13.9. The van der Waals surface area contributed by atoms with Crippen molar-refractivity contribution in [3.63, 3.8) is 0 Å². The first-order valence-electron chi connectivity index (χ1n) is 5.42. The van der Waals surface area contributed by atoms with Crippen LogP contribution in [-0.2, 0) is 4.79 Å². The molecule has 3 rings (SSSR count). The van der Waals surface area contributed by atoms with Gasteiger partial charge in [0.15, 0.2) is 0 Å². The van der Waals surface area contributed by atoms with Gasteiger partial charge in [0.25, 0.3) is 0 Å². The Morgan fingerprint density at radius 3 is 3.14 bits per heavy atom. The molecule has 3 saturated heterocycles. The van der Waals surface area contributed by atoms with Crippen molar-refractivity contribution in [2.75, 3.05) is 26.2 Å². The van der Waals surface area contributed by atoms with E-state index in [9.17, 15) is 9.90 Å². The highest BCUT2D eigenvalue weighted by Crippen LogP contribution is 2.47. The van der Waals surface area contributed by atoms with Gasteiger partial charge in [-0.05, 0) is 31.8 Å². The van der Waals surface area contributed by atoms with Crippen LogP contribution in [0.1, 0.15) is 12.8 Å². The molecule has 0 spiro atoms. The van der Waals surface area contributed by atoms with E-state index >= 15 is 0 Å². The first-order chi connectivity index (χ1) is 6.73. The second-order valence-electron chi connectivity index (χ2n) is 4.85. The quantitative estimate of drug-likeness (QED) is 0.607. The van der Waals surface area contributed by atoms with Crippen molar-refractivity contribution >= 4 is 5.97 Å². The van der Waals surface area contributed by atoms with Gasteiger partial charge >= 0.3 is 5.97 Å². The van der Waals surface area contributed by atoms with Crippen molar-refractivity contribution in [1.29, 1.82) is 0 Å². The van der Waals surface area contributed by atoms with E-state index in [1.165, 1.54) is 0 Å². The van der Waals surface area contributed by atoms with Crippen LogP contribution in [0.3, 0.4) is 0 Å². The highest BCUT2D eigenvalue weighted by molar-refractivity contribution is 5.77. The number of nitrogens with zero attached hydrogens (tertiary/aromatic N) is 1. The molecule has 4 atom stereocenters. The number of carboxylic acid groups (broad SMARTS) is 1. The molecule has 14 heavy (non-hydrogen) atoms. The van der Waals surface area contributed by atoms with Gasteiger partial charge < -0.3 is 15.3 Å². The minimum absolute atomic E-state index is 0.196. The first-order valence-corrected chi connectivity index (χ1v) is 5.42. The Bertz CT molecular complexity index is 277. The maximum Gasteiger partial charge on any atom is 0.311 e. The minimum Gasteiger partial charge on any atom is -0.481 e. The number of nitrogens with one attached hydrogen (secondary N) is 1. The molecule has 2 N–H and O–H groups in total. The second kappa shape index (κ2) is 2.70. The molecule has 2 bridgehead atoms. The monoisotopic (exact) mass is 196 g/mol. The van der Waals surface area contributed by atoms with Gasteiger partial charge in [0.05, 0.1) is 5.41 Å². The van der Waals surface area contributed by atoms with Crippen LogP contribution in [0.25, 0.3) is 0 Å². The molecule has 0 aromatic carbocycles. The third kappa shape index (κ3) is 0.880. The topological polar surface area (TPSA) is 52.6 Å². The number of piperidine rings is 1. The van der Waals surface area contributed by atoms with Gasteiger partial charge in [0.2, 0.25) is 0 Å². The summed E-state index contributed by atoms with van der Waals surface area (Å²) in [5, 5.41) is 12.8. The average Bonchev–Trinajstić information content (AvgIpc) is 2.72. The van der Waals surface area contributed by atoms with Gasteiger partial charge in [-0.3, -0.25) is 4.79 Å². The van der Waals surface area contributed by atoms with Gasteiger partial charge in [-0.2, -0.15) is 0 Å². The third-order valence-corrected chi connectivity index (χ3v) is 4.39. The fraction of sp³-hybridized carbons (Fsp3) is 0.900. The van der Waals surface area contributed by atoms with Crippen LogP contribution in [0.4, 0.5) is 0 Å². The molecule has 3 aliphatic heterocycles. The summed E-state index contributed by atoms with van der Waals surface area (Å²) >= 11 is 0. The molecular formula is C10H16N2O2. The van der Waals surface area contributed by atoms with Crippen molar-refractivity contribution in [2.45, 2.75) is 18.9 Å². The summed E-state index contributed by atoms with van der Waals surface area (Å²) in [6.07, 6.45) is 1.90. The smallest absolute Gasteiger partial charge is 0.311 e. The number of fused-ring (bicyclic) bond motifs is 4. The standard InChI is InChI=1S/C10H16N2O2/c13-9(14)10-2-3-11-8(10)6-12-4-1-7(10)5-12/h7-8,11H,1-6H2,(H,13,14). The number of aliphatic carboxylic acids is 1. The van der Waals surface area contributed by atoms with E-state index in [-0.39, 0.29) is 6.04 Å². The Labute approximate surface area is 83.3 Å². The largest absolute Gasteiger partial charge is 0.481 e. The Balaban J connectivity index is 2.00. The van der Waals surface area contributed by atoms with E-state index in [0.717, 1.165) is 39.0 Å². The summed E-state index contributed by atoms with van der Waals surface area (Å²) < 4.78 is 0. The molecule has 3 heterocycles. The summed E-state index contributed by atoms with van der Waals surface area (Å²) in [6.45, 7) is 3.91. The lowest BCUT2D eigenvalue weighted by atomic mass is 9.68. The molecule has 4 unspecified atom stereocenters. The zero-order valence-electron chi connectivity index (χ0n) is 8.20. The molecule has 4 nitrogen and oxygen atoms in total. The van der Waals surface area contributed by atoms with Crippen LogP contribution in [0.2, 0.25) is 0 Å². The second-order valence-corrected chi connectivity index (χ2v) is 4.85. The molecule has 0 amide bonds. The first kappa shape index (κ1) is 8.68. The predicted octanol–water partition coefficient (Wildman–Crippen LogP) is -0.245. The highest BCUT2D eigenvalue weighted by Gasteiger charge is 2.59. The van der Waals surface area contributed by atoms with E-state index in [1.54, 1.807) is 0 Å². The molecule has 3 fully saturated rings. The summed E-state index contributed by atoms with van der Waals surface area (Å²) in [6, 6.07) is 0.196. The summed E-state index contributed by atoms with van der Waals surface area (Å²) in [7, 11) is 0. The number of carbonyl (C=O) groups is 1. The number of hydrogen-bond donors (Lipinski definition) is 2. The molecule has 3 aliphatic rings. The van der Waals surface area contributed by atoms with Crippen molar-refractivity contribution in [1.82, 2.24) is 10.2 Å². The average molecular weight is 196 g/mol. The lowest BCUT2D eigenvalue weighted by Gasteiger charge is -2.41. The van der Waals surface area contributed by atoms with Crippen LogP contribution in [0, 0.1) is 11.3 Å². The van der Waals surface area contributed by atoms with Crippen molar-refractivity contribution in [3.8, 4) is 0 Å². The molecule has 4 heteroatoms. The maximum atomic E-state index is 11.5. The summed E-state index contributed by atoms with van der Waals surface area (Å²) in [5.74, 6) is -0.187. The molecule has 0 aromatic heterocycles. The molecular weight excluding hydrogens is 180 g/mol. The Morgan fingerprint density at radius 2 is 2.36 bits per heavy atom. The van der Waals surface area contributed by atoms with Crippen molar-refractivity contribution in [3.05, 3.63) is 0 Å². The van der Waals surface area contributed by atoms with Crippen LogP contribution < -0.4 is 5.32 Å². The molecule has 0 aromatic rings. The Hall–Kier alpha value is -0.610. The van der Waals surface area contributed by atoms with Crippen molar-refractivity contribution in [2.24, 2.45) is 11.3 Å². The molecule has 0 aliphatic carbocycles. The zero-order chi connectivity index (χ0) is 9.76. The SMILES string of the molecule is O=C(O)C12CCNC1CN1CCC2C1. The van der Waals surface area contributed by atoms with Crippen LogP contribution in [0.5, 0.6) is 0 Å². The van der Waals surface area contributed by atoms with Gasteiger partial charge in [-0.25, -0.2) is 0 Å². The van der Waals surface area contributed by atoms with Crippen molar-refractivity contribution < 1.29 is 9.90 Å². The van der Waals surface area contributed by atoms with Gasteiger partial charge in [-0.1, -0.05) is 0 Å². The number of carboxylic acids is 1. The Kier molecular flexibility index (Phi) is 1.67. The van der Waals surface area contributed by atoms with E-state index in [1.807, 2.05) is 0 Å². The molecule has 0 radical (unpaired) electrons. The molecule has 0 saturated carbocycles. The van der Waals surface area contributed by atoms with Crippen LogP contribution in [0.15, 0.2) is 0 Å². The normalized spacial score (nSPS) is 50.4. The zero-order valence-corrected chi connectivity index (χ0v) is 8.20. The Morgan fingerprint density at radius 1 is 1.50 bits per heavy atom. The van der Waals surface area contributed by atoms with E-state index in [2.05, 4.69) is 10.2 Å². The highest BCUT2D eigenvalue weighted by atomic mass is 16.4. The van der Waals surface area contributed by atoms with E-state index < -0.39 is 11.4 Å². The number of hydrogen-bond acceptors (Lipinski definition) is 3.